The molecular weight excluding hydrogens is 218 g/mol. The quantitative estimate of drug-likeness (QED) is 0.784. The summed E-state index contributed by atoms with van der Waals surface area (Å²) in [6.45, 7) is 7.30. The lowest BCUT2D eigenvalue weighted by Crippen LogP contribution is -2.47. The molecule has 3 nitrogen and oxygen atoms in total. The number of likely N-dealkylation sites (N-methyl/N-ethyl adjacent to an activating group) is 1. The predicted octanol–water partition coefficient (Wildman–Crippen LogP) is 0.719. The maximum Gasteiger partial charge on any atom is 0.0110 e. The van der Waals surface area contributed by atoms with E-state index in [9.17, 15) is 0 Å². The molecule has 1 N–H and O–H groups in total. The van der Waals surface area contributed by atoms with E-state index in [1.54, 1.807) is 0 Å². The number of nitrogens with one attached hydrogen (secondary N) is 1. The summed E-state index contributed by atoms with van der Waals surface area (Å²) in [4.78, 5) is 5.17. The van der Waals surface area contributed by atoms with E-state index in [2.05, 4.69) is 33.9 Å². The average Bonchev–Trinajstić information content (AvgIpc) is 2.38. The summed E-state index contributed by atoms with van der Waals surface area (Å²) in [5, 5.41) is 3.41. The van der Waals surface area contributed by atoms with E-state index >= 15 is 0 Å². The van der Waals surface area contributed by atoms with Gasteiger partial charge in [-0.3, -0.25) is 4.90 Å². The lowest BCUT2D eigenvalue weighted by molar-refractivity contribution is 0.171. The van der Waals surface area contributed by atoms with Crippen molar-refractivity contribution in [3.05, 3.63) is 0 Å². The number of nitrogens with zero attached hydrogens (tertiary/aromatic N) is 2. The van der Waals surface area contributed by atoms with Crippen molar-refractivity contribution >= 4 is 11.8 Å². The summed E-state index contributed by atoms with van der Waals surface area (Å²) in [6.07, 6.45) is 2.78. The van der Waals surface area contributed by atoms with Crippen LogP contribution >= 0.6 is 11.8 Å². The van der Waals surface area contributed by atoms with Crippen LogP contribution in [0.25, 0.3) is 0 Å². The van der Waals surface area contributed by atoms with E-state index in [1.165, 1.54) is 63.6 Å². The Balaban J connectivity index is 1.63. The van der Waals surface area contributed by atoms with Crippen LogP contribution in [0.15, 0.2) is 0 Å². The van der Waals surface area contributed by atoms with Gasteiger partial charge < -0.3 is 10.2 Å². The molecule has 0 aromatic rings. The average molecular weight is 243 g/mol. The molecule has 2 fully saturated rings. The highest BCUT2D eigenvalue weighted by molar-refractivity contribution is 7.99. The minimum absolute atomic E-state index is 0.851. The normalized spacial score (nSPS) is 25.1. The first-order valence-corrected chi connectivity index (χ1v) is 7.73. The van der Waals surface area contributed by atoms with Crippen molar-refractivity contribution in [3.63, 3.8) is 0 Å². The van der Waals surface area contributed by atoms with Gasteiger partial charge in [-0.1, -0.05) is 0 Å². The number of thioether (sulfide) groups is 1. The van der Waals surface area contributed by atoms with Gasteiger partial charge >= 0.3 is 0 Å². The number of piperazine rings is 1. The van der Waals surface area contributed by atoms with Gasteiger partial charge in [0.15, 0.2) is 0 Å². The van der Waals surface area contributed by atoms with Gasteiger partial charge in [-0.05, 0) is 31.4 Å². The topological polar surface area (TPSA) is 18.5 Å². The summed E-state index contributed by atoms with van der Waals surface area (Å²) >= 11 is 2.12. The molecule has 2 heterocycles. The smallest absolute Gasteiger partial charge is 0.0110 e. The van der Waals surface area contributed by atoms with Crippen LogP contribution in [0.5, 0.6) is 0 Å². The summed E-state index contributed by atoms with van der Waals surface area (Å²) in [5.41, 5.74) is 0. The van der Waals surface area contributed by atoms with Gasteiger partial charge in [0.2, 0.25) is 0 Å². The van der Waals surface area contributed by atoms with Gasteiger partial charge in [-0.15, -0.1) is 0 Å². The molecule has 0 aromatic carbocycles. The van der Waals surface area contributed by atoms with E-state index in [4.69, 9.17) is 0 Å². The van der Waals surface area contributed by atoms with Crippen molar-refractivity contribution in [2.45, 2.75) is 18.9 Å². The van der Waals surface area contributed by atoms with Crippen LogP contribution in [0, 0.1) is 0 Å². The van der Waals surface area contributed by atoms with Crippen molar-refractivity contribution in [2.75, 3.05) is 57.8 Å². The number of rotatable bonds is 4. The Morgan fingerprint density at radius 2 is 1.94 bits per heavy atom. The van der Waals surface area contributed by atoms with Gasteiger partial charge in [0.25, 0.3) is 0 Å². The number of hydrogen-bond donors (Lipinski definition) is 1. The van der Waals surface area contributed by atoms with Crippen molar-refractivity contribution < 1.29 is 0 Å². The monoisotopic (exact) mass is 243 g/mol. The third-order valence-corrected chi connectivity index (χ3v) is 4.84. The summed E-state index contributed by atoms with van der Waals surface area (Å²) in [5.74, 6) is 2.73. The van der Waals surface area contributed by atoms with Gasteiger partial charge in [-0.25, -0.2) is 0 Å². The molecule has 16 heavy (non-hydrogen) atoms. The zero-order valence-electron chi connectivity index (χ0n) is 10.5. The van der Waals surface area contributed by atoms with E-state index in [1.807, 2.05) is 0 Å². The predicted molar refractivity (Wildman–Crippen MR) is 72.3 cm³/mol. The highest BCUT2D eigenvalue weighted by Crippen LogP contribution is 2.20. The molecule has 2 aliphatic rings. The molecule has 2 rings (SSSR count). The zero-order valence-corrected chi connectivity index (χ0v) is 11.3. The third-order valence-electron chi connectivity index (χ3n) is 3.79. The van der Waals surface area contributed by atoms with Crippen molar-refractivity contribution in [1.82, 2.24) is 15.1 Å². The fraction of sp³-hybridized carbons (Fsp3) is 1.00. The van der Waals surface area contributed by atoms with Crippen LogP contribution in [0.3, 0.4) is 0 Å². The zero-order chi connectivity index (χ0) is 11.2. The second-order valence-corrected chi connectivity index (χ2v) is 6.14. The van der Waals surface area contributed by atoms with Gasteiger partial charge in [0.05, 0.1) is 0 Å². The van der Waals surface area contributed by atoms with E-state index in [-0.39, 0.29) is 0 Å². The van der Waals surface area contributed by atoms with Gasteiger partial charge in [-0.2, -0.15) is 11.8 Å². The first-order valence-electron chi connectivity index (χ1n) is 6.57. The van der Waals surface area contributed by atoms with Crippen LogP contribution in [-0.2, 0) is 0 Å². The lowest BCUT2D eigenvalue weighted by Gasteiger charge is -2.34. The number of hydrogen-bond acceptors (Lipinski definition) is 4. The molecule has 0 aromatic heterocycles. The molecule has 2 saturated heterocycles. The Bertz CT molecular complexity index is 189. The Kier molecular flexibility index (Phi) is 5.42. The molecule has 4 heteroatoms. The summed E-state index contributed by atoms with van der Waals surface area (Å²) in [6, 6.07) is 0.851. The Morgan fingerprint density at radius 3 is 2.62 bits per heavy atom. The molecule has 0 radical (unpaired) electrons. The molecule has 2 aliphatic heterocycles. The van der Waals surface area contributed by atoms with Crippen molar-refractivity contribution in [3.8, 4) is 0 Å². The van der Waals surface area contributed by atoms with Crippen LogP contribution in [0.1, 0.15) is 12.8 Å². The first-order chi connectivity index (χ1) is 7.86. The largest absolute Gasteiger partial charge is 0.314 e. The molecule has 0 saturated carbocycles. The molecule has 94 valence electrons. The van der Waals surface area contributed by atoms with E-state index < -0.39 is 0 Å². The van der Waals surface area contributed by atoms with Crippen LogP contribution in [-0.4, -0.2) is 73.7 Å². The molecule has 0 unspecified atom stereocenters. The Labute approximate surface area is 104 Å². The molecular formula is C12H25N3S. The fourth-order valence-corrected chi connectivity index (χ4v) is 3.62. The highest BCUT2D eigenvalue weighted by Gasteiger charge is 2.18. The molecule has 0 amide bonds. The SMILES string of the molecule is CN(CCN1CCNCC1)C1CCSCC1. The van der Waals surface area contributed by atoms with Crippen molar-refractivity contribution in [2.24, 2.45) is 0 Å². The van der Waals surface area contributed by atoms with Gasteiger partial charge in [0.1, 0.15) is 0 Å². The summed E-state index contributed by atoms with van der Waals surface area (Å²) < 4.78 is 0. The Hall–Kier alpha value is 0.230. The highest BCUT2D eigenvalue weighted by atomic mass is 32.2. The molecule has 0 bridgehead atoms. The van der Waals surface area contributed by atoms with Crippen LogP contribution in [0.2, 0.25) is 0 Å². The van der Waals surface area contributed by atoms with Crippen LogP contribution < -0.4 is 5.32 Å². The van der Waals surface area contributed by atoms with Crippen molar-refractivity contribution in [1.29, 1.82) is 0 Å². The summed E-state index contributed by atoms with van der Waals surface area (Å²) in [7, 11) is 2.31. The second kappa shape index (κ2) is 6.84. The third kappa shape index (κ3) is 3.91. The van der Waals surface area contributed by atoms with E-state index in [0.29, 0.717) is 0 Å². The standard InChI is InChI=1S/C12H25N3S/c1-14(12-2-10-16-11-3-12)8-9-15-6-4-13-5-7-15/h12-13H,2-11H2,1H3. The molecule has 0 spiro atoms. The second-order valence-electron chi connectivity index (χ2n) is 4.92. The Morgan fingerprint density at radius 1 is 1.25 bits per heavy atom. The molecule has 0 atom stereocenters. The van der Waals surface area contributed by atoms with Gasteiger partial charge in [0, 0.05) is 45.3 Å². The van der Waals surface area contributed by atoms with E-state index in [0.717, 1.165) is 6.04 Å². The fourth-order valence-electron chi connectivity index (χ4n) is 2.54. The first kappa shape index (κ1) is 12.7. The lowest BCUT2D eigenvalue weighted by atomic mass is 10.1. The van der Waals surface area contributed by atoms with Crippen LogP contribution in [0.4, 0.5) is 0 Å². The maximum absolute atomic E-state index is 3.41. The maximum atomic E-state index is 3.41. The minimum atomic E-state index is 0.851. The minimum Gasteiger partial charge on any atom is -0.314 e. The molecule has 0 aliphatic carbocycles.